The molecule has 2 N–H and O–H groups in total. The predicted octanol–water partition coefficient (Wildman–Crippen LogP) is 5.11. The van der Waals surface area contributed by atoms with E-state index in [0.717, 1.165) is 41.8 Å². The molecule has 0 bridgehead atoms. The Bertz CT molecular complexity index is 1270. The number of ether oxygens (including phenoxy) is 1. The van der Waals surface area contributed by atoms with Crippen molar-refractivity contribution in [3.63, 3.8) is 0 Å². The molecule has 2 aromatic carbocycles. The van der Waals surface area contributed by atoms with Gasteiger partial charge in [0, 0.05) is 6.92 Å². The number of alkyl carbamates (subject to hydrolysis) is 1. The minimum absolute atomic E-state index is 0.159. The van der Waals surface area contributed by atoms with Crippen LogP contribution >= 0.6 is 0 Å². The number of amidine groups is 2. The zero-order chi connectivity index (χ0) is 26.2. The van der Waals surface area contributed by atoms with Gasteiger partial charge in [0.15, 0.2) is 5.84 Å². The maximum atomic E-state index is 12.6. The third-order valence-corrected chi connectivity index (χ3v) is 6.87. The van der Waals surface area contributed by atoms with Gasteiger partial charge in [-0.15, -0.1) is 0 Å². The first-order chi connectivity index (χ1) is 17.6. The van der Waals surface area contributed by atoms with Crippen LogP contribution in [0.25, 0.3) is 0 Å². The van der Waals surface area contributed by atoms with E-state index in [2.05, 4.69) is 47.0 Å². The van der Waals surface area contributed by atoms with E-state index in [4.69, 9.17) is 14.8 Å². The Balaban J connectivity index is 1.43. The van der Waals surface area contributed by atoms with E-state index in [1.807, 2.05) is 50.1 Å². The Kier molecular flexibility index (Phi) is 6.35. The number of hydrazone groups is 1. The molecule has 37 heavy (non-hydrogen) atoms. The lowest BCUT2D eigenvalue weighted by Crippen LogP contribution is -2.52. The highest BCUT2D eigenvalue weighted by molar-refractivity contribution is 6.10. The van der Waals surface area contributed by atoms with Gasteiger partial charge in [-0.1, -0.05) is 54.6 Å². The Morgan fingerprint density at radius 2 is 1.70 bits per heavy atom. The number of aliphatic imine (C=N–C) groups is 1. The summed E-state index contributed by atoms with van der Waals surface area (Å²) in [5, 5.41) is 12.5. The highest BCUT2D eigenvalue weighted by Gasteiger charge is 2.42. The Morgan fingerprint density at radius 1 is 1.00 bits per heavy atom. The first-order valence-electron chi connectivity index (χ1n) is 12.7. The number of hydrogen-bond acceptors (Lipinski definition) is 6. The molecule has 2 unspecified atom stereocenters. The lowest BCUT2D eigenvalue weighted by molar-refractivity contribution is -0.117. The van der Waals surface area contributed by atoms with Crippen LogP contribution in [0, 0.1) is 0 Å². The summed E-state index contributed by atoms with van der Waals surface area (Å²) in [7, 11) is 0. The predicted molar refractivity (Wildman–Crippen MR) is 143 cm³/mol. The van der Waals surface area contributed by atoms with Crippen LogP contribution in [-0.4, -0.2) is 34.3 Å². The Morgan fingerprint density at radius 3 is 2.30 bits per heavy atom. The summed E-state index contributed by atoms with van der Waals surface area (Å²) in [6, 6.07) is 18.2. The summed E-state index contributed by atoms with van der Waals surface area (Å²) in [6.07, 6.45) is 6.08. The van der Waals surface area contributed by atoms with E-state index in [1.54, 1.807) is 6.08 Å². The minimum atomic E-state index is -0.546. The molecule has 0 aromatic heterocycles. The van der Waals surface area contributed by atoms with Crippen molar-refractivity contribution >= 4 is 23.7 Å². The standard InChI is InChI=1S/C29H33N5O3/c1-19(35)30-23-15-16-24-31-25(26(34(24)33-23)21-9-6-5-7-10-21)20-11-13-22(14-12-20)29(17-8-18-29)32-27(36)37-28(2,3)4/h5-7,9-16,25-26H,8,17-18H2,1-4H3,(H,32,36)(H,30,33,35). The average molecular weight is 500 g/mol. The van der Waals surface area contributed by atoms with Gasteiger partial charge in [-0.3, -0.25) is 9.79 Å². The molecule has 8 nitrogen and oxygen atoms in total. The van der Waals surface area contributed by atoms with Crippen molar-refractivity contribution in [1.29, 1.82) is 0 Å². The van der Waals surface area contributed by atoms with E-state index in [1.165, 1.54) is 6.92 Å². The van der Waals surface area contributed by atoms with Gasteiger partial charge in [0.25, 0.3) is 0 Å². The highest BCUT2D eigenvalue weighted by atomic mass is 16.6. The van der Waals surface area contributed by atoms with Gasteiger partial charge >= 0.3 is 6.09 Å². The van der Waals surface area contributed by atoms with Crippen molar-refractivity contribution in [1.82, 2.24) is 15.6 Å². The minimum Gasteiger partial charge on any atom is -0.444 e. The maximum absolute atomic E-state index is 12.6. The molecule has 2 atom stereocenters. The number of rotatable bonds is 4. The zero-order valence-electron chi connectivity index (χ0n) is 21.7. The van der Waals surface area contributed by atoms with E-state index >= 15 is 0 Å². The van der Waals surface area contributed by atoms with Crippen LogP contribution in [-0.2, 0) is 15.1 Å². The van der Waals surface area contributed by atoms with Crippen LogP contribution in [0.1, 0.15) is 75.7 Å². The van der Waals surface area contributed by atoms with Crippen LogP contribution in [0.2, 0.25) is 0 Å². The first kappa shape index (κ1) is 24.7. The maximum Gasteiger partial charge on any atom is 0.408 e. The van der Waals surface area contributed by atoms with Crippen molar-refractivity contribution in [2.45, 2.75) is 70.2 Å². The molecule has 5 rings (SSSR count). The van der Waals surface area contributed by atoms with Crippen molar-refractivity contribution in [2.24, 2.45) is 10.1 Å². The van der Waals surface area contributed by atoms with Gasteiger partial charge in [-0.05, 0) is 68.9 Å². The van der Waals surface area contributed by atoms with E-state index in [0.29, 0.717) is 5.84 Å². The molecule has 3 aliphatic rings. The molecule has 1 aliphatic carbocycles. The van der Waals surface area contributed by atoms with E-state index in [9.17, 15) is 9.59 Å². The van der Waals surface area contributed by atoms with Crippen molar-refractivity contribution in [3.05, 3.63) is 83.4 Å². The summed E-state index contributed by atoms with van der Waals surface area (Å²) < 4.78 is 5.53. The summed E-state index contributed by atoms with van der Waals surface area (Å²) in [6.45, 7) is 7.07. The van der Waals surface area contributed by atoms with Crippen LogP contribution in [0.15, 0.2) is 76.8 Å². The summed E-state index contributed by atoms with van der Waals surface area (Å²) >= 11 is 0. The van der Waals surface area contributed by atoms with E-state index < -0.39 is 11.1 Å². The average Bonchev–Trinajstić information content (AvgIpc) is 3.19. The molecule has 2 amide bonds. The normalized spacial score (nSPS) is 21.8. The molecule has 192 valence electrons. The van der Waals surface area contributed by atoms with Crippen LogP contribution in [0.5, 0.6) is 0 Å². The summed E-state index contributed by atoms with van der Waals surface area (Å²) in [4.78, 5) is 29.2. The zero-order valence-corrected chi connectivity index (χ0v) is 21.7. The molecule has 0 radical (unpaired) electrons. The quantitative estimate of drug-likeness (QED) is 0.611. The SMILES string of the molecule is CC(=O)NC1=NN2C(=NC(c3ccc(C4(NC(=O)OC(C)(C)C)CCC4)cc3)C2c2ccccc2)C=C1. The molecule has 2 heterocycles. The number of amides is 2. The monoisotopic (exact) mass is 499 g/mol. The van der Waals surface area contributed by atoms with Gasteiger partial charge in [0.1, 0.15) is 23.5 Å². The number of fused-ring (bicyclic) bond motifs is 1. The molecule has 8 heteroatoms. The summed E-state index contributed by atoms with van der Waals surface area (Å²) in [5.41, 5.74) is 2.25. The lowest BCUT2D eigenvalue weighted by Gasteiger charge is -2.43. The van der Waals surface area contributed by atoms with Gasteiger partial charge in [0.05, 0.1) is 5.54 Å². The molecule has 0 spiro atoms. The second kappa shape index (κ2) is 9.50. The number of benzene rings is 2. The molecule has 1 fully saturated rings. The second-order valence-electron chi connectivity index (χ2n) is 10.8. The fraction of sp³-hybridized carbons (Fsp3) is 0.379. The fourth-order valence-electron chi connectivity index (χ4n) is 5.08. The molecule has 1 saturated carbocycles. The van der Waals surface area contributed by atoms with Gasteiger partial charge in [0.2, 0.25) is 5.91 Å². The number of nitrogens with zero attached hydrogens (tertiary/aromatic N) is 3. The molecular weight excluding hydrogens is 466 g/mol. The second-order valence-corrected chi connectivity index (χ2v) is 10.8. The van der Waals surface area contributed by atoms with Gasteiger partial charge in [-0.2, -0.15) is 5.10 Å². The first-order valence-corrected chi connectivity index (χ1v) is 12.7. The molecule has 2 aliphatic heterocycles. The van der Waals surface area contributed by atoms with Crippen LogP contribution in [0.3, 0.4) is 0 Å². The Labute approximate surface area is 217 Å². The van der Waals surface area contributed by atoms with Crippen molar-refractivity contribution in [2.75, 3.05) is 0 Å². The smallest absolute Gasteiger partial charge is 0.408 e. The summed E-state index contributed by atoms with van der Waals surface area (Å²) in [5.74, 6) is 1.07. The molecule has 2 aromatic rings. The molecule has 0 saturated heterocycles. The molecular formula is C29H33N5O3. The van der Waals surface area contributed by atoms with Crippen molar-refractivity contribution in [3.8, 4) is 0 Å². The third kappa shape index (κ3) is 5.14. The van der Waals surface area contributed by atoms with Gasteiger partial charge < -0.3 is 15.4 Å². The number of hydrogen-bond donors (Lipinski definition) is 2. The van der Waals surface area contributed by atoms with Crippen LogP contribution < -0.4 is 10.6 Å². The highest BCUT2D eigenvalue weighted by Crippen LogP contribution is 2.45. The third-order valence-electron chi connectivity index (χ3n) is 6.87. The number of carbonyl (C=O) groups is 2. The van der Waals surface area contributed by atoms with Crippen molar-refractivity contribution < 1.29 is 14.3 Å². The topological polar surface area (TPSA) is 95.4 Å². The Hall–Kier alpha value is -3.94. The fourth-order valence-corrected chi connectivity index (χ4v) is 5.08. The van der Waals surface area contributed by atoms with Crippen LogP contribution in [0.4, 0.5) is 4.79 Å². The number of nitrogens with one attached hydrogen (secondary N) is 2. The largest absolute Gasteiger partial charge is 0.444 e. The number of carbonyl (C=O) groups excluding carboxylic acids is 2. The lowest BCUT2D eigenvalue weighted by atomic mass is 9.71. The van der Waals surface area contributed by atoms with E-state index in [-0.39, 0.29) is 24.1 Å². The van der Waals surface area contributed by atoms with Gasteiger partial charge in [-0.25, -0.2) is 9.80 Å².